The van der Waals surface area contributed by atoms with Crippen LogP contribution in [0.1, 0.15) is 20.9 Å². The third-order valence-corrected chi connectivity index (χ3v) is 7.22. The first kappa shape index (κ1) is 23.1. The fraction of sp³-hybridized carbons (Fsp3) is 0.280. The van der Waals surface area contributed by atoms with Gasteiger partial charge in [0.05, 0.1) is 23.4 Å². The molecule has 0 bridgehead atoms. The van der Waals surface area contributed by atoms with E-state index >= 15 is 0 Å². The summed E-state index contributed by atoms with van der Waals surface area (Å²) in [5.74, 6) is 0.451. The van der Waals surface area contributed by atoms with Crippen molar-refractivity contribution in [2.75, 3.05) is 38.0 Å². The number of furan rings is 1. The van der Waals surface area contributed by atoms with Crippen LogP contribution >= 0.6 is 11.3 Å². The van der Waals surface area contributed by atoms with Gasteiger partial charge >= 0.3 is 0 Å². The Morgan fingerprint density at radius 3 is 2.63 bits per heavy atom. The molecule has 1 fully saturated rings. The average molecular weight is 494 g/mol. The van der Waals surface area contributed by atoms with Crippen LogP contribution in [0.2, 0.25) is 0 Å². The standard InChI is InChI=1S/C25H24FN5O3S/c1-15-21-16(2)27-23(19-7-4-12-34-19)29-24(21)35-22(15)25(33)31-10-8-30(9-11-31)14-20(32)28-18-6-3-5-17(26)13-18/h3-7,12-13H,8-11,14H2,1-2H3,(H,28,32). The molecule has 180 valence electrons. The molecule has 8 nitrogen and oxygen atoms in total. The van der Waals surface area contributed by atoms with Crippen molar-refractivity contribution in [3.8, 4) is 11.6 Å². The molecular formula is C25H24FN5O3S. The highest BCUT2D eigenvalue weighted by Crippen LogP contribution is 2.34. The Morgan fingerprint density at radius 2 is 1.91 bits per heavy atom. The minimum atomic E-state index is -0.398. The molecular weight excluding hydrogens is 469 g/mol. The lowest BCUT2D eigenvalue weighted by atomic mass is 10.1. The first-order valence-corrected chi connectivity index (χ1v) is 12.1. The smallest absolute Gasteiger partial charge is 0.264 e. The van der Waals surface area contributed by atoms with Crippen molar-refractivity contribution in [2.45, 2.75) is 13.8 Å². The third kappa shape index (κ3) is 4.80. The van der Waals surface area contributed by atoms with E-state index in [0.29, 0.717) is 48.3 Å². The molecule has 1 aliphatic rings. The normalized spacial score (nSPS) is 14.4. The number of benzene rings is 1. The monoisotopic (exact) mass is 493 g/mol. The maximum absolute atomic E-state index is 13.4. The Morgan fingerprint density at radius 1 is 1.11 bits per heavy atom. The van der Waals surface area contributed by atoms with Crippen LogP contribution in [0.3, 0.4) is 0 Å². The Labute approximate surface area is 205 Å². The lowest BCUT2D eigenvalue weighted by Gasteiger charge is -2.34. The first-order valence-electron chi connectivity index (χ1n) is 11.3. The molecule has 35 heavy (non-hydrogen) atoms. The molecule has 2 amide bonds. The number of nitrogens with one attached hydrogen (secondary N) is 1. The van der Waals surface area contributed by atoms with Gasteiger partial charge in [-0.25, -0.2) is 14.4 Å². The van der Waals surface area contributed by atoms with E-state index in [0.717, 1.165) is 21.5 Å². The van der Waals surface area contributed by atoms with Crippen LogP contribution in [0.5, 0.6) is 0 Å². The van der Waals surface area contributed by atoms with Gasteiger partial charge in [0.1, 0.15) is 10.6 Å². The van der Waals surface area contributed by atoms with E-state index in [1.807, 2.05) is 29.7 Å². The highest BCUT2D eigenvalue weighted by molar-refractivity contribution is 7.20. The Bertz CT molecular complexity index is 1390. The number of hydrogen-bond donors (Lipinski definition) is 1. The number of aryl methyl sites for hydroxylation is 2. The summed E-state index contributed by atoms with van der Waals surface area (Å²) in [4.78, 5) is 40.1. The second-order valence-electron chi connectivity index (χ2n) is 8.47. The number of fused-ring (bicyclic) bond motifs is 1. The molecule has 0 atom stereocenters. The molecule has 10 heteroatoms. The Kier molecular flexibility index (Phi) is 6.31. The number of anilines is 1. The van der Waals surface area contributed by atoms with Crippen LogP contribution in [-0.4, -0.2) is 64.3 Å². The zero-order valence-corrected chi connectivity index (χ0v) is 20.2. The van der Waals surface area contributed by atoms with Crippen molar-refractivity contribution in [1.82, 2.24) is 19.8 Å². The zero-order chi connectivity index (χ0) is 24.5. The largest absolute Gasteiger partial charge is 0.461 e. The summed E-state index contributed by atoms with van der Waals surface area (Å²) >= 11 is 1.37. The molecule has 1 aliphatic heterocycles. The van der Waals surface area contributed by atoms with Crippen LogP contribution in [-0.2, 0) is 4.79 Å². The third-order valence-electron chi connectivity index (χ3n) is 6.04. The van der Waals surface area contributed by atoms with Gasteiger partial charge in [0.15, 0.2) is 11.6 Å². The Balaban J connectivity index is 1.24. The predicted octanol–water partition coefficient (Wildman–Crippen LogP) is 4.10. The van der Waals surface area contributed by atoms with Crippen LogP contribution in [0.25, 0.3) is 21.8 Å². The number of amides is 2. The molecule has 3 aromatic heterocycles. The van der Waals surface area contributed by atoms with Gasteiger partial charge in [-0.3, -0.25) is 14.5 Å². The number of carbonyl (C=O) groups excluding carboxylic acids is 2. The molecule has 0 radical (unpaired) electrons. The van der Waals surface area contributed by atoms with Crippen molar-refractivity contribution < 1.29 is 18.4 Å². The molecule has 0 unspecified atom stereocenters. The number of nitrogens with zero attached hydrogens (tertiary/aromatic N) is 4. The van der Waals surface area contributed by atoms with E-state index in [9.17, 15) is 14.0 Å². The lowest BCUT2D eigenvalue weighted by Crippen LogP contribution is -2.50. The minimum Gasteiger partial charge on any atom is -0.461 e. The molecule has 4 aromatic rings. The molecule has 5 rings (SSSR count). The fourth-order valence-corrected chi connectivity index (χ4v) is 5.48. The van der Waals surface area contributed by atoms with Crippen LogP contribution in [0.4, 0.5) is 10.1 Å². The van der Waals surface area contributed by atoms with Crippen molar-refractivity contribution in [1.29, 1.82) is 0 Å². The lowest BCUT2D eigenvalue weighted by molar-refractivity contribution is -0.117. The maximum Gasteiger partial charge on any atom is 0.264 e. The summed E-state index contributed by atoms with van der Waals surface area (Å²) in [5.41, 5.74) is 2.12. The topological polar surface area (TPSA) is 91.6 Å². The molecule has 1 N–H and O–H groups in total. The van der Waals surface area contributed by atoms with Gasteiger partial charge in [0.25, 0.3) is 5.91 Å². The summed E-state index contributed by atoms with van der Waals surface area (Å²) in [6.45, 7) is 6.22. The number of piperazine rings is 1. The van der Waals surface area contributed by atoms with Gasteiger partial charge in [-0.1, -0.05) is 6.07 Å². The first-order chi connectivity index (χ1) is 16.9. The number of thiophene rings is 1. The maximum atomic E-state index is 13.4. The van der Waals surface area contributed by atoms with Crippen molar-refractivity contribution in [3.63, 3.8) is 0 Å². The molecule has 4 heterocycles. The van der Waals surface area contributed by atoms with Crippen LogP contribution in [0.15, 0.2) is 47.1 Å². The molecule has 0 spiro atoms. The number of hydrogen-bond acceptors (Lipinski definition) is 7. The van der Waals surface area contributed by atoms with Gasteiger partial charge in [0.2, 0.25) is 5.91 Å². The summed E-state index contributed by atoms with van der Waals surface area (Å²) in [7, 11) is 0. The molecule has 1 saturated heterocycles. The van der Waals surface area contributed by atoms with E-state index in [-0.39, 0.29) is 18.4 Å². The number of halogens is 1. The molecule has 0 saturated carbocycles. The number of rotatable bonds is 5. The number of aromatic nitrogens is 2. The average Bonchev–Trinajstić information content (AvgIpc) is 3.48. The van der Waals surface area contributed by atoms with Gasteiger partial charge in [-0.2, -0.15) is 0 Å². The fourth-order valence-electron chi connectivity index (χ4n) is 4.28. The van der Waals surface area contributed by atoms with Crippen molar-refractivity contribution >= 4 is 39.1 Å². The van der Waals surface area contributed by atoms with Crippen LogP contribution < -0.4 is 5.32 Å². The van der Waals surface area contributed by atoms with Gasteiger partial charge in [-0.05, 0) is 49.7 Å². The molecule has 1 aromatic carbocycles. The summed E-state index contributed by atoms with van der Waals surface area (Å²) in [6, 6.07) is 9.41. The van der Waals surface area contributed by atoms with Crippen LogP contribution in [0, 0.1) is 19.7 Å². The van der Waals surface area contributed by atoms with E-state index in [1.54, 1.807) is 24.5 Å². The van der Waals surface area contributed by atoms with Gasteiger partial charge < -0.3 is 14.6 Å². The summed E-state index contributed by atoms with van der Waals surface area (Å²) in [6.07, 6.45) is 1.58. The van der Waals surface area contributed by atoms with Gasteiger partial charge in [-0.15, -0.1) is 11.3 Å². The summed E-state index contributed by atoms with van der Waals surface area (Å²) < 4.78 is 18.8. The second kappa shape index (κ2) is 9.55. The van der Waals surface area contributed by atoms with E-state index in [1.165, 1.54) is 23.5 Å². The SMILES string of the molecule is Cc1nc(-c2ccco2)nc2sc(C(=O)N3CCN(CC(=O)Nc4cccc(F)c4)CC3)c(C)c12. The van der Waals surface area contributed by atoms with E-state index in [4.69, 9.17) is 4.42 Å². The minimum absolute atomic E-state index is 0.0340. The van der Waals surface area contributed by atoms with E-state index < -0.39 is 5.82 Å². The second-order valence-corrected chi connectivity index (χ2v) is 9.47. The Hall–Kier alpha value is -3.63. The van der Waals surface area contributed by atoms with Crippen molar-refractivity contribution in [2.24, 2.45) is 0 Å². The highest BCUT2D eigenvalue weighted by Gasteiger charge is 2.27. The van der Waals surface area contributed by atoms with E-state index in [2.05, 4.69) is 15.3 Å². The predicted molar refractivity (Wildman–Crippen MR) is 132 cm³/mol. The van der Waals surface area contributed by atoms with Crippen molar-refractivity contribution in [3.05, 3.63) is 64.6 Å². The molecule has 0 aliphatic carbocycles. The zero-order valence-electron chi connectivity index (χ0n) is 19.4. The number of carbonyl (C=O) groups is 2. The van der Waals surface area contributed by atoms with Gasteiger partial charge in [0, 0.05) is 37.3 Å². The highest BCUT2D eigenvalue weighted by atomic mass is 32.1. The quantitative estimate of drug-likeness (QED) is 0.450. The summed E-state index contributed by atoms with van der Waals surface area (Å²) in [5, 5.41) is 3.62.